The quantitative estimate of drug-likeness (QED) is 0.914. The summed E-state index contributed by atoms with van der Waals surface area (Å²) in [7, 11) is 0. The van der Waals surface area contributed by atoms with E-state index in [1.165, 1.54) is 12.1 Å². The van der Waals surface area contributed by atoms with Crippen LogP contribution in [0.2, 0.25) is 0 Å². The smallest absolute Gasteiger partial charge is 0.128 e. The van der Waals surface area contributed by atoms with E-state index < -0.39 is 0 Å². The maximum Gasteiger partial charge on any atom is 0.128 e. The van der Waals surface area contributed by atoms with E-state index in [9.17, 15) is 4.39 Å². The van der Waals surface area contributed by atoms with Gasteiger partial charge >= 0.3 is 0 Å². The van der Waals surface area contributed by atoms with Crippen LogP contribution in [-0.2, 0) is 11.3 Å². The van der Waals surface area contributed by atoms with Gasteiger partial charge in [0.05, 0.1) is 12.7 Å². The molecule has 0 aromatic heterocycles. The number of nitrogens with zero attached hydrogens (tertiary/aromatic N) is 2. The third kappa shape index (κ3) is 2.55. The van der Waals surface area contributed by atoms with E-state index >= 15 is 0 Å². The highest BCUT2D eigenvalue weighted by Gasteiger charge is 2.28. The lowest BCUT2D eigenvalue weighted by Gasteiger charge is -2.34. The van der Waals surface area contributed by atoms with Gasteiger partial charge in [0.25, 0.3) is 0 Å². The van der Waals surface area contributed by atoms with Crippen LogP contribution in [0.1, 0.15) is 18.1 Å². The molecule has 20 heavy (non-hydrogen) atoms. The summed E-state index contributed by atoms with van der Waals surface area (Å²) in [6, 6.07) is 4.70. The molecule has 3 rings (SSSR count). The van der Waals surface area contributed by atoms with E-state index in [0.717, 1.165) is 31.8 Å². The summed E-state index contributed by atoms with van der Waals surface area (Å²) in [6.45, 7) is 7.20. The Morgan fingerprint density at radius 1 is 1.45 bits per heavy atom. The topological polar surface area (TPSA) is 39.6 Å². The molecule has 1 N–H and O–H groups in total. The van der Waals surface area contributed by atoms with Gasteiger partial charge in [-0.25, -0.2) is 4.39 Å². The van der Waals surface area contributed by atoms with Gasteiger partial charge in [-0.05, 0) is 24.2 Å². The molecule has 0 saturated carbocycles. The van der Waals surface area contributed by atoms with Gasteiger partial charge in [0, 0.05) is 31.7 Å². The first-order valence-electron chi connectivity index (χ1n) is 7.13. The highest BCUT2D eigenvalue weighted by atomic mass is 19.1. The number of likely N-dealkylation sites (N-methyl/N-ethyl adjacent to an activating group) is 1. The fourth-order valence-electron chi connectivity index (χ4n) is 2.94. The number of halogens is 1. The Hall–Kier alpha value is -1.46. The summed E-state index contributed by atoms with van der Waals surface area (Å²) in [5, 5.41) is 8.19. The molecule has 108 valence electrons. The maximum atomic E-state index is 13.3. The number of hydrogen-bond acceptors (Lipinski definition) is 3. The third-order valence-corrected chi connectivity index (χ3v) is 4.10. The van der Waals surface area contributed by atoms with Crippen molar-refractivity contribution in [1.82, 2.24) is 9.80 Å². The van der Waals surface area contributed by atoms with E-state index in [1.807, 2.05) is 4.90 Å². The zero-order valence-electron chi connectivity index (χ0n) is 11.7. The lowest BCUT2D eigenvalue weighted by atomic mass is 10.1. The minimum absolute atomic E-state index is 0.128. The first kappa shape index (κ1) is 13.5. The van der Waals surface area contributed by atoms with Crippen LogP contribution in [0.15, 0.2) is 18.2 Å². The molecule has 4 nitrogen and oxygen atoms in total. The second-order valence-corrected chi connectivity index (χ2v) is 5.42. The zero-order valence-corrected chi connectivity index (χ0v) is 11.7. The SMILES string of the molecule is CCN1CCOC(CN2Cc3ccc(F)cc3C2=N)C1. The fraction of sp³-hybridized carbons (Fsp3) is 0.533. The van der Waals surface area contributed by atoms with Crippen LogP contribution in [0.3, 0.4) is 0 Å². The van der Waals surface area contributed by atoms with Gasteiger partial charge in [0.2, 0.25) is 0 Å². The lowest BCUT2D eigenvalue weighted by molar-refractivity contribution is -0.0347. The Kier molecular flexibility index (Phi) is 3.72. The van der Waals surface area contributed by atoms with Gasteiger partial charge in [-0.2, -0.15) is 0 Å². The third-order valence-electron chi connectivity index (χ3n) is 4.10. The van der Waals surface area contributed by atoms with Gasteiger partial charge in [-0.15, -0.1) is 0 Å². The summed E-state index contributed by atoms with van der Waals surface area (Å²) in [6.07, 6.45) is 0.128. The average Bonchev–Trinajstić information content (AvgIpc) is 2.76. The zero-order chi connectivity index (χ0) is 14.1. The van der Waals surface area contributed by atoms with Crippen LogP contribution in [0.5, 0.6) is 0 Å². The average molecular weight is 277 g/mol. The molecule has 1 saturated heterocycles. The molecule has 0 aliphatic carbocycles. The number of rotatable bonds is 3. The summed E-state index contributed by atoms with van der Waals surface area (Å²) in [4.78, 5) is 4.34. The minimum Gasteiger partial charge on any atom is -0.374 e. The number of fused-ring (bicyclic) bond motifs is 1. The molecule has 1 aromatic carbocycles. The predicted molar refractivity (Wildman–Crippen MR) is 75.5 cm³/mol. The van der Waals surface area contributed by atoms with Crippen molar-refractivity contribution in [2.45, 2.75) is 19.6 Å². The van der Waals surface area contributed by atoms with Gasteiger partial charge in [-0.1, -0.05) is 13.0 Å². The Morgan fingerprint density at radius 3 is 3.10 bits per heavy atom. The molecule has 0 radical (unpaired) electrons. The molecule has 0 bridgehead atoms. The van der Waals surface area contributed by atoms with Crippen LogP contribution in [0, 0.1) is 11.2 Å². The van der Waals surface area contributed by atoms with Crippen molar-refractivity contribution in [3.8, 4) is 0 Å². The summed E-state index contributed by atoms with van der Waals surface area (Å²) < 4.78 is 19.1. The largest absolute Gasteiger partial charge is 0.374 e. The second-order valence-electron chi connectivity index (χ2n) is 5.42. The summed E-state index contributed by atoms with van der Waals surface area (Å²) in [5.41, 5.74) is 1.74. The number of morpholine rings is 1. The predicted octanol–water partition coefficient (Wildman–Crippen LogP) is 1.69. The van der Waals surface area contributed by atoms with E-state index in [4.69, 9.17) is 10.1 Å². The Balaban J connectivity index is 1.67. The number of hydrogen-bond donors (Lipinski definition) is 1. The van der Waals surface area contributed by atoms with E-state index in [0.29, 0.717) is 24.5 Å². The monoisotopic (exact) mass is 277 g/mol. The van der Waals surface area contributed by atoms with Crippen molar-refractivity contribution in [2.24, 2.45) is 0 Å². The van der Waals surface area contributed by atoms with Gasteiger partial charge in [-0.3, -0.25) is 10.3 Å². The molecule has 1 atom stereocenters. The van der Waals surface area contributed by atoms with Crippen molar-refractivity contribution < 1.29 is 9.13 Å². The van der Waals surface area contributed by atoms with Gasteiger partial charge in [0.15, 0.2) is 0 Å². The standard InChI is InChI=1S/C15H20FN3O/c1-2-18-5-6-20-13(9-18)10-19-8-11-3-4-12(16)7-14(11)15(19)17/h3-4,7,13,17H,2,5-6,8-10H2,1H3. The number of nitrogens with one attached hydrogen (secondary N) is 1. The molecule has 2 aliphatic rings. The normalized spacial score (nSPS) is 23.2. The van der Waals surface area contributed by atoms with Crippen LogP contribution >= 0.6 is 0 Å². The minimum atomic E-state index is -0.276. The molecule has 5 heteroatoms. The summed E-state index contributed by atoms with van der Waals surface area (Å²) >= 11 is 0. The molecule has 0 spiro atoms. The Bertz CT molecular complexity index is 520. The molecule has 1 aromatic rings. The van der Waals surface area contributed by atoms with Crippen LogP contribution in [-0.4, -0.2) is 54.5 Å². The number of benzene rings is 1. The Morgan fingerprint density at radius 2 is 2.30 bits per heavy atom. The van der Waals surface area contributed by atoms with Crippen molar-refractivity contribution in [3.05, 3.63) is 35.1 Å². The highest BCUT2D eigenvalue weighted by molar-refractivity contribution is 6.00. The maximum absolute atomic E-state index is 13.3. The number of amidine groups is 1. The molecule has 2 heterocycles. The van der Waals surface area contributed by atoms with Crippen molar-refractivity contribution >= 4 is 5.84 Å². The van der Waals surface area contributed by atoms with Gasteiger partial charge < -0.3 is 9.64 Å². The molecule has 2 aliphatic heterocycles. The number of ether oxygens (including phenoxy) is 1. The van der Waals surface area contributed by atoms with E-state index in [1.54, 1.807) is 6.07 Å². The Labute approximate surface area is 118 Å². The highest BCUT2D eigenvalue weighted by Crippen LogP contribution is 2.24. The lowest BCUT2D eigenvalue weighted by Crippen LogP contribution is -2.47. The van der Waals surface area contributed by atoms with E-state index in [-0.39, 0.29) is 11.9 Å². The molecular weight excluding hydrogens is 257 g/mol. The van der Waals surface area contributed by atoms with E-state index in [2.05, 4.69) is 11.8 Å². The summed E-state index contributed by atoms with van der Waals surface area (Å²) in [5.74, 6) is 0.137. The molecular formula is C15H20FN3O. The molecule has 0 amide bonds. The van der Waals surface area contributed by atoms with Crippen LogP contribution in [0.4, 0.5) is 4.39 Å². The van der Waals surface area contributed by atoms with Crippen LogP contribution < -0.4 is 0 Å². The second kappa shape index (κ2) is 5.50. The van der Waals surface area contributed by atoms with Crippen LogP contribution in [0.25, 0.3) is 0 Å². The van der Waals surface area contributed by atoms with Crippen molar-refractivity contribution in [3.63, 3.8) is 0 Å². The first-order chi connectivity index (χ1) is 9.67. The molecule has 1 fully saturated rings. The fourth-order valence-corrected chi connectivity index (χ4v) is 2.94. The van der Waals surface area contributed by atoms with Crippen molar-refractivity contribution in [2.75, 3.05) is 32.8 Å². The first-order valence-corrected chi connectivity index (χ1v) is 7.13. The van der Waals surface area contributed by atoms with Crippen molar-refractivity contribution in [1.29, 1.82) is 5.41 Å². The van der Waals surface area contributed by atoms with Gasteiger partial charge in [0.1, 0.15) is 11.7 Å². The molecule has 1 unspecified atom stereocenters.